The molecule has 0 fully saturated rings. The van der Waals surface area contributed by atoms with Gasteiger partial charge in [-0.3, -0.25) is 0 Å². The van der Waals surface area contributed by atoms with Gasteiger partial charge < -0.3 is 6.16 Å². The summed E-state index contributed by atoms with van der Waals surface area (Å²) < 4.78 is 4.94. The van der Waals surface area contributed by atoms with Gasteiger partial charge in [-0.25, -0.2) is 0 Å². The van der Waals surface area contributed by atoms with Crippen molar-refractivity contribution in [3.05, 3.63) is 0 Å². The molecule has 40 valence electrons. The van der Waals surface area contributed by atoms with Crippen LogP contribution >= 0.6 is 0 Å². The van der Waals surface area contributed by atoms with Crippen LogP contribution in [0.5, 0.6) is 0 Å². The maximum atomic E-state index is 4.94. The van der Waals surface area contributed by atoms with E-state index in [2.05, 4.69) is 0 Å². The SMILES string of the molecule is COC(C)(C)C.[H-].[Na+]. The summed E-state index contributed by atoms with van der Waals surface area (Å²) in [5, 5.41) is 0. The van der Waals surface area contributed by atoms with Crippen molar-refractivity contribution in [2.75, 3.05) is 7.11 Å². The molecule has 0 atom stereocenters. The molecule has 7 heavy (non-hydrogen) atoms. The minimum absolute atomic E-state index is 0. The minimum Gasteiger partial charge on any atom is -1.00 e. The third-order valence-corrected chi connectivity index (χ3v) is 0.612. The molecule has 0 N–H and O–H groups in total. The quantitative estimate of drug-likeness (QED) is 0.348. The molecular formula is C5H13NaO. The number of hydrogen-bond donors (Lipinski definition) is 0. The van der Waals surface area contributed by atoms with Crippen molar-refractivity contribution in [3.8, 4) is 0 Å². The first-order chi connectivity index (χ1) is 2.56. The first kappa shape index (κ1) is 10.9. The number of ether oxygens (including phenoxy) is 1. The number of rotatable bonds is 0. The van der Waals surface area contributed by atoms with E-state index in [0.29, 0.717) is 0 Å². The summed E-state index contributed by atoms with van der Waals surface area (Å²) in [4.78, 5) is 0. The van der Waals surface area contributed by atoms with Crippen LogP contribution in [0.3, 0.4) is 0 Å². The maximum absolute atomic E-state index is 4.94. The average Bonchev–Trinajstić information content (AvgIpc) is 1.35. The van der Waals surface area contributed by atoms with Gasteiger partial charge in [-0.2, -0.15) is 0 Å². The van der Waals surface area contributed by atoms with E-state index in [1.165, 1.54) is 0 Å². The fourth-order valence-electron chi connectivity index (χ4n) is 0. The summed E-state index contributed by atoms with van der Waals surface area (Å²) in [5.41, 5.74) is 0.0417. The molecule has 0 heterocycles. The molecule has 0 aromatic carbocycles. The third kappa shape index (κ3) is 10.9. The Morgan fingerprint density at radius 1 is 1.29 bits per heavy atom. The van der Waals surface area contributed by atoms with Crippen LogP contribution in [0.1, 0.15) is 22.2 Å². The predicted molar refractivity (Wildman–Crippen MR) is 27.9 cm³/mol. The molecule has 1 nitrogen and oxygen atoms in total. The average molecular weight is 112 g/mol. The maximum Gasteiger partial charge on any atom is 1.00 e. The van der Waals surface area contributed by atoms with Gasteiger partial charge in [-0.1, -0.05) is 0 Å². The summed E-state index contributed by atoms with van der Waals surface area (Å²) in [5.74, 6) is 0. The van der Waals surface area contributed by atoms with Gasteiger partial charge in [-0.15, -0.1) is 0 Å². The fourth-order valence-corrected chi connectivity index (χ4v) is 0. The molecule has 0 aliphatic heterocycles. The molecular weight excluding hydrogens is 99.0 g/mol. The van der Waals surface area contributed by atoms with Gasteiger partial charge >= 0.3 is 29.6 Å². The van der Waals surface area contributed by atoms with Gasteiger partial charge in [0, 0.05) is 7.11 Å². The normalized spacial score (nSPS) is 10.3. The van der Waals surface area contributed by atoms with Gasteiger partial charge in [0.15, 0.2) is 0 Å². The van der Waals surface area contributed by atoms with Gasteiger partial charge in [0.1, 0.15) is 0 Å². The van der Waals surface area contributed by atoms with Crippen molar-refractivity contribution < 1.29 is 35.7 Å². The Kier molecular flexibility index (Phi) is 6.05. The largest absolute Gasteiger partial charge is 1.00 e. The van der Waals surface area contributed by atoms with E-state index >= 15 is 0 Å². The summed E-state index contributed by atoms with van der Waals surface area (Å²) >= 11 is 0. The standard InChI is InChI=1S/C5H12O.Na.H/c1-5(2,3)6-4;;/h1-4H3;;/q;+1;-1. The zero-order chi connectivity index (χ0) is 5.21. The number of hydrogen-bond acceptors (Lipinski definition) is 1. The van der Waals surface area contributed by atoms with Crippen LogP contribution in [0.25, 0.3) is 0 Å². The van der Waals surface area contributed by atoms with Crippen LogP contribution in [0.15, 0.2) is 0 Å². The Morgan fingerprint density at radius 3 is 1.43 bits per heavy atom. The predicted octanol–water partition coefficient (Wildman–Crippen LogP) is -1.45. The fraction of sp³-hybridized carbons (Fsp3) is 1.00. The molecule has 0 saturated carbocycles. The molecule has 0 bridgehead atoms. The van der Waals surface area contributed by atoms with E-state index in [4.69, 9.17) is 4.74 Å². The van der Waals surface area contributed by atoms with E-state index in [1.54, 1.807) is 7.11 Å². The Labute approximate surface area is 69.2 Å². The van der Waals surface area contributed by atoms with E-state index in [1.807, 2.05) is 20.8 Å². The molecule has 0 aliphatic carbocycles. The molecule has 2 heteroatoms. The van der Waals surface area contributed by atoms with E-state index < -0.39 is 0 Å². The Balaban J connectivity index is -0.000000125. The summed E-state index contributed by atoms with van der Waals surface area (Å²) in [6.45, 7) is 6.06. The first-order valence-corrected chi connectivity index (χ1v) is 2.11. The van der Waals surface area contributed by atoms with Crippen molar-refractivity contribution >= 4 is 0 Å². The zero-order valence-electron chi connectivity index (χ0n) is 6.91. The van der Waals surface area contributed by atoms with Crippen molar-refractivity contribution in [1.29, 1.82) is 0 Å². The topological polar surface area (TPSA) is 9.23 Å². The van der Waals surface area contributed by atoms with Crippen LogP contribution < -0.4 is 29.6 Å². The van der Waals surface area contributed by atoms with Crippen molar-refractivity contribution in [3.63, 3.8) is 0 Å². The van der Waals surface area contributed by atoms with Crippen molar-refractivity contribution in [2.45, 2.75) is 26.4 Å². The smallest absolute Gasteiger partial charge is 1.00 e. The van der Waals surface area contributed by atoms with E-state index in [0.717, 1.165) is 0 Å². The zero-order valence-corrected chi connectivity index (χ0v) is 7.91. The molecule has 0 saturated heterocycles. The summed E-state index contributed by atoms with van der Waals surface area (Å²) in [6, 6.07) is 0. The molecule has 0 spiro atoms. The number of methoxy groups -OCH3 is 1. The molecule has 0 aromatic rings. The second-order valence-electron chi connectivity index (χ2n) is 2.32. The monoisotopic (exact) mass is 112 g/mol. The Morgan fingerprint density at radius 2 is 1.43 bits per heavy atom. The minimum atomic E-state index is 0. The van der Waals surface area contributed by atoms with Crippen molar-refractivity contribution in [1.82, 2.24) is 0 Å². The van der Waals surface area contributed by atoms with Gasteiger partial charge in [0.25, 0.3) is 0 Å². The molecule has 0 aromatic heterocycles. The molecule has 0 amide bonds. The second kappa shape index (κ2) is 3.90. The van der Waals surface area contributed by atoms with Crippen LogP contribution in [0.2, 0.25) is 0 Å². The van der Waals surface area contributed by atoms with E-state index in [9.17, 15) is 0 Å². The molecule has 0 unspecified atom stereocenters. The Hall–Kier alpha value is 0.960. The summed E-state index contributed by atoms with van der Waals surface area (Å²) in [6.07, 6.45) is 0. The first-order valence-electron chi connectivity index (χ1n) is 2.11. The van der Waals surface area contributed by atoms with Crippen LogP contribution in [-0.2, 0) is 4.74 Å². The van der Waals surface area contributed by atoms with Gasteiger partial charge in [0.2, 0.25) is 0 Å². The second-order valence-corrected chi connectivity index (χ2v) is 2.32. The van der Waals surface area contributed by atoms with Gasteiger partial charge in [-0.05, 0) is 20.8 Å². The van der Waals surface area contributed by atoms with Crippen LogP contribution in [-0.4, -0.2) is 12.7 Å². The van der Waals surface area contributed by atoms with E-state index in [-0.39, 0.29) is 36.6 Å². The van der Waals surface area contributed by atoms with Gasteiger partial charge in [0.05, 0.1) is 5.60 Å². The van der Waals surface area contributed by atoms with Crippen LogP contribution in [0.4, 0.5) is 0 Å². The molecule has 0 radical (unpaired) electrons. The Bertz CT molecular complexity index is 42.2. The van der Waals surface area contributed by atoms with Crippen molar-refractivity contribution in [2.24, 2.45) is 0 Å². The summed E-state index contributed by atoms with van der Waals surface area (Å²) in [7, 11) is 1.71. The van der Waals surface area contributed by atoms with Crippen LogP contribution in [0, 0.1) is 0 Å². The third-order valence-electron chi connectivity index (χ3n) is 0.612. The molecule has 0 rings (SSSR count). The molecule has 0 aliphatic rings.